The van der Waals surface area contributed by atoms with Crippen molar-refractivity contribution in [1.82, 2.24) is 14.4 Å². The van der Waals surface area contributed by atoms with Crippen LogP contribution in [0.25, 0.3) is 5.52 Å². The van der Waals surface area contributed by atoms with E-state index >= 15 is 0 Å². The molecule has 0 bridgehead atoms. The van der Waals surface area contributed by atoms with Crippen LogP contribution in [-0.2, 0) is 16.1 Å². The summed E-state index contributed by atoms with van der Waals surface area (Å²) in [5.41, 5.74) is 3.24. The average molecular weight is 487 g/mol. The number of nitrogens with zero attached hydrogens (tertiary/aromatic N) is 3. The Bertz CT molecular complexity index is 1100. The van der Waals surface area contributed by atoms with Gasteiger partial charge in [0.25, 0.3) is 0 Å². The van der Waals surface area contributed by atoms with Crippen LogP contribution in [0.4, 0.5) is 5.82 Å². The van der Waals surface area contributed by atoms with Crippen LogP contribution < -0.4 is 10.1 Å². The van der Waals surface area contributed by atoms with E-state index in [-0.39, 0.29) is 17.8 Å². The number of carbonyl (C=O) groups is 1. The number of nitrogens with one attached hydrogen (secondary N) is 1. The fraction of sp³-hybridized carbons (Fsp3) is 0.435. The first-order valence-electron chi connectivity index (χ1n) is 10.5. The highest BCUT2D eigenvalue weighted by Crippen LogP contribution is 2.38. The van der Waals surface area contributed by atoms with Crippen LogP contribution in [0.1, 0.15) is 48.6 Å². The molecular formula is C23H27BrN4O3. The van der Waals surface area contributed by atoms with Crippen molar-refractivity contribution < 1.29 is 14.3 Å². The Kier molecular flexibility index (Phi) is 6.46. The van der Waals surface area contributed by atoms with Gasteiger partial charge in [-0.25, -0.2) is 9.97 Å². The number of ether oxygens (including phenoxy) is 2. The molecule has 3 aromatic rings. The van der Waals surface area contributed by atoms with Gasteiger partial charge in [0.2, 0.25) is 0 Å². The molecule has 0 unspecified atom stereocenters. The van der Waals surface area contributed by atoms with Crippen molar-refractivity contribution in [3.63, 3.8) is 0 Å². The molecule has 2 atom stereocenters. The van der Waals surface area contributed by atoms with Gasteiger partial charge in [-0.05, 0) is 65.4 Å². The molecule has 2 aromatic heterocycles. The maximum Gasteiger partial charge on any atom is 0.308 e. The topological polar surface area (TPSA) is 77.8 Å². The molecule has 2 heterocycles. The quantitative estimate of drug-likeness (QED) is 0.500. The maximum atomic E-state index is 12.1. The zero-order valence-electron chi connectivity index (χ0n) is 18.0. The van der Waals surface area contributed by atoms with Crippen LogP contribution in [0.3, 0.4) is 0 Å². The van der Waals surface area contributed by atoms with Gasteiger partial charge in [-0.1, -0.05) is 12.5 Å². The summed E-state index contributed by atoms with van der Waals surface area (Å²) in [5.74, 6) is 2.60. The number of fused-ring (bicyclic) bond motifs is 1. The Morgan fingerprint density at radius 2 is 2.16 bits per heavy atom. The predicted molar refractivity (Wildman–Crippen MR) is 122 cm³/mol. The van der Waals surface area contributed by atoms with Crippen molar-refractivity contribution in [1.29, 1.82) is 0 Å². The highest BCUT2D eigenvalue weighted by molar-refractivity contribution is 9.10. The van der Waals surface area contributed by atoms with Gasteiger partial charge in [0, 0.05) is 24.9 Å². The molecule has 31 heavy (non-hydrogen) atoms. The molecule has 7 nitrogen and oxygen atoms in total. The highest BCUT2D eigenvalue weighted by Gasteiger charge is 2.31. The Labute approximate surface area is 190 Å². The number of hydrogen-bond acceptors (Lipinski definition) is 6. The monoisotopic (exact) mass is 486 g/mol. The van der Waals surface area contributed by atoms with Crippen LogP contribution >= 0.6 is 15.9 Å². The largest absolute Gasteiger partial charge is 0.497 e. The minimum Gasteiger partial charge on any atom is -0.497 e. The summed E-state index contributed by atoms with van der Waals surface area (Å²) in [7, 11) is 3.13. The van der Waals surface area contributed by atoms with Gasteiger partial charge >= 0.3 is 5.97 Å². The van der Waals surface area contributed by atoms with Gasteiger partial charge in [-0.15, -0.1) is 0 Å². The minimum atomic E-state index is -0.122. The number of imidazole rings is 1. The van der Waals surface area contributed by atoms with E-state index in [1.165, 1.54) is 12.7 Å². The van der Waals surface area contributed by atoms with Crippen LogP contribution in [0.2, 0.25) is 0 Å². The number of aromatic nitrogens is 3. The Morgan fingerprint density at radius 1 is 1.32 bits per heavy atom. The molecule has 8 heteroatoms. The van der Waals surface area contributed by atoms with Crippen molar-refractivity contribution in [3.8, 4) is 5.75 Å². The van der Waals surface area contributed by atoms with E-state index in [0.717, 1.165) is 58.8 Å². The molecule has 164 valence electrons. The molecule has 1 aliphatic carbocycles. The van der Waals surface area contributed by atoms with E-state index in [1.807, 2.05) is 18.3 Å². The number of hydrogen-bond donors (Lipinski definition) is 1. The predicted octanol–water partition coefficient (Wildman–Crippen LogP) is 4.87. The number of methoxy groups -OCH3 is 2. The Morgan fingerprint density at radius 3 is 2.90 bits per heavy atom. The van der Waals surface area contributed by atoms with Crippen LogP contribution in [0, 0.1) is 12.8 Å². The number of esters is 1. The fourth-order valence-corrected chi connectivity index (χ4v) is 4.98. The van der Waals surface area contributed by atoms with E-state index in [0.29, 0.717) is 6.54 Å². The smallest absolute Gasteiger partial charge is 0.308 e. The lowest BCUT2D eigenvalue weighted by molar-refractivity contribution is -0.146. The molecule has 0 saturated heterocycles. The van der Waals surface area contributed by atoms with Gasteiger partial charge in [-0.2, -0.15) is 0 Å². The summed E-state index contributed by atoms with van der Waals surface area (Å²) in [6.07, 6.45) is 7.36. The van der Waals surface area contributed by atoms with Crippen molar-refractivity contribution in [2.24, 2.45) is 5.92 Å². The fourth-order valence-electron chi connectivity index (χ4n) is 4.41. The van der Waals surface area contributed by atoms with Crippen molar-refractivity contribution in [2.75, 3.05) is 19.5 Å². The van der Waals surface area contributed by atoms with Gasteiger partial charge in [0.05, 0.1) is 20.1 Å². The number of benzene rings is 1. The average Bonchev–Trinajstić information content (AvgIpc) is 3.15. The van der Waals surface area contributed by atoms with Crippen LogP contribution in [0.15, 0.2) is 35.2 Å². The molecule has 1 aliphatic rings. The first-order chi connectivity index (χ1) is 15.0. The second-order valence-corrected chi connectivity index (χ2v) is 8.74. The van der Waals surface area contributed by atoms with E-state index in [2.05, 4.69) is 43.6 Å². The second kappa shape index (κ2) is 9.26. The number of halogens is 1. The van der Waals surface area contributed by atoms with Crippen LogP contribution in [-0.4, -0.2) is 34.6 Å². The summed E-state index contributed by atoms with van der Waals surface area (Å²) in [6, 6.07) is 6.05. The molecule has 1 N–H and O–H groups in total. The highest BCUT2D eigenvalue weighted by atomic mass is 79.9. The third-order valence-electron chi connectivity index (χ3n) is 6.11. The zero-order valence-corrected chi connectivity index (χ0v) is 19.6. The Hall–Kier alpha value is -2.61. The lowest BCUT2D eigenvalue weighted by atomic mass is 9.81. The van der Waals surface area contributed by atoms with Gasteiger partial charge in [0.15, 0.2) is 5.82 Å². The van der Waals surface area contributed by atoms with Crippen molar-refractivity contribution in [2.45, 2.75) is 45.1 Å². The second-order valence-electron chi connectivity index (χ2n) is 7.98. The zero-order chi connectivity index (χ0) is 22.0. The molecule has 1 fully saturated rings. The lowest BCUT2D eigenvalue weighted by Crippen LogP contribution is -2.24. The molecule has 1 saturated carbocycles. The van der Waals surface area contributed by atoms with E-state index < -0.39 is 0 Å². The first-order valence-corrected chi connectivity index (χ1v) is 11.3. The molecule has 0 aliphatic heterocycles. The summed E-state index contributed by atoms with van der Waals surface area (Å²) in [6.45, 7) is 2.71. The SMILES string of the molecule is COC(=O)[C@@H]1CCC[C@H](c2nc(Br)c3c(NCc4ccc(OC)cc4C)nccn23)C1. The molecular weight excluding hydrogens is 460 g/mol. The molecule has 0 amide bonds. The van der Waals surface area contributed by atoms with Gasteiger partial charge < -0.3 is 14.8 Å². The molecule has 1 aromatic carbocycles. The number of anilines is 1. The maximum absolute atomic E-state index is 12.1. The standard InChI is InChI=1S/C23H27BrN4O3/c1-14-11-18(30-2)8-7-17(14)13-26-21-19-20(24)27-22(28(19)10-9-25-21)15-5-4-6-16(12-15)23(29)31-3/h7-11,15-16H,4-6,12-13H2,1-3H3,(H,25,26)/t15-,16+/m0/s1. The Balaban J connectivity index is 1.59. The summed E-state index contributed by atoms with van der Waals surface area (Å²) in [5, 5.41) is 3.46. The lowest BCUT2D eigenvalue weighted by Gasteiger charge is -2.26. The third-order valence-corrected chi connectivity index (χ3v) is 6.66. The first kappa shape index (κ1) is 21.6. The van der Waals surface area contributed by atoms with E-state index in [9.17, 15) is 4.79 Å². The van der Waals surface area contributed by atoms with E-state index in [4.69, 9.17) is 14.5 Å². The summed E-state index contributed by atoms with van der Waals surface area (Å²) in [4.78, 5) is 21.4. The van der Waals surface area contributed by atoms with Crippen molar-refractivity contribution in [3.05, 3.63) is 52.1 Å². The third kappa shape index (κ3) is 4.39. The number of rotatable bonds is 6. The van der Waals surface area contributed by atoms with E-state index in [1.54, 1.807) is 13.3 Å². The van der Waals surface area contributed by atoms with Gasteiger partial charge in [-0.3, -0.25) is 9.20 Å². The molecule has 4 rings (SSSR count). The van der Waals surface area contributed by atoms with Crippen LogP contribution in [0.5, 0.6) is 5.75 Å². The summed E-state index contributed by atoms with van der Waals surface area (Å²) < 4.78 is 13.1. The number of carbonyl (C=O) groups excluding carboxylic acids is 1. The normalized spacial score (nSPS) is 18.7. The van der Waals surface area contributed by atoms with Crippen molar-refractivity contribution >= 4 is 33.2 Å². The molecule has 0 radical (unpaired) electrons. The summed E-state index contributed by atoms with van der Waals surface area (Å²) >= 11 is 3.63. The minimum absolute atomic E-state index is 0.0626. The van der Waals surface area contributed by atoms with Gasteiger partial charge in [0.1, 0.15) is 21.7 Å². The number of aryl methyl sites for hydroxylation is 1. The molecule has 0 spiro atoms.